The van der Waals surface area contributed by atoms with Gasteiger partial charge in [-0.3, -0.25) is 14.9 Å². The lowest BCUT2D eigenvalue weighted by Gasteiger charge is -2.36. The summed E-state index contributed by atoms with van der Waals surface area (Å²) >= 11 is 1.73. The molecule has 0 saturated carbocycles. The SMILES string of the molecule is CCCC(NCC(=O)N1CCc2sccc2C1c1ccccc1)C(=O)O. The highest BCUT2D eigenvalue weighted by molar-refractivity contribution is 7.10. The molecular weight excluding hydrogens is 348 g/mol. The minimum absolute atomic E-state index is 0.0414. The van der Waals surface area contributed by atoms with E-state index < -0.39 is 12.0 Å². The molecule has 26 heavy (non-hydrogen) atoms. The molecule has 1 aromatic carbocycles. The Morgan fingerprint density at radius 1 is 1.31 bits per heavy atom. The highest BCUT2D eigenvalue weighted by Crippen LogP contribution is 2.37. The van der Waals surface area contributed by atoms with Gasteiger partial charge in [0.1, 0.15) is 6.04 Å². The van der Waals surface area contributed by atoms with Crippen LogP contribution in [0.25, 0.3) is 0 Å². The molecule has 1 amide bonds. The average molecular weight is 372 g/mol. The average Bonchev–Trinajstić information content (AvgIpc) is 3.13. The van der Waals surface area contributed by atoms with Gasteiger partial charge in [0.25, 0.3) is 0 Å². The summed E-state index contributed by atoms with van der Waals surface area (Å²) in [4.78, 5) is 27.4. The number of benzene rings is 1. The molecule has 2 N–H and O–H groups in total. The molecule has 2 heterocycles. The second-order valence-electron chi connectivity index (χ2n) is 6.51. The van der Waals surface area contributed by atoms with Crippen LogP contribution in [0.15, 0.2) is 41.8 Å². The largest absolute Gasteiger partial charge is 0.480 e. The standard InChI is InChI=1S/C20H24N2O3S/c1-2-6-16(20(24)25)21-13-18(23)22-11-9-17-15(10-12-26-17)19(22)14-7-4-3-5-8-14/h3-5,7-8,10,12,16,19,21H,2,6,9,11,13H2,1H3,(H,24,25). The van der Waals surface area contributed by atoms with Crippen molar-refractivity contribution in [1.82, 2.24) is 10.2 Å². The number of thiophene rings is 1. The number of carbonyl (C=O) groups excluding carboxylic acids is 1. The zero-order valence-corrected chi connectivity index (χ0v) is 15.7. The van der Waals surface area contributed by atoms with Crippen LogP contribution in [-0.4, -0.2) is 41.0 Å². The maximum atomic E-state index is 12.9. The number of amides is 1. The van der Waals surface area contributed by atoms with Gasteiger partial charge in [0.15, 0.2) is 0 Å². The maximum Gasteiger partial charge on any atom is 0.320 e. The predicted octanol–water partition coefficient (Wildman–Crippen LogP) is 3.07. The van der Waals surface area contributed by atoms with Gasteiger partial charge in [-0.05, 0) is 35.4 Å². The van der Waals surface area contributed by atoms with Gasteiger partial charge in [-0.2, -0.15) is 0 Å². The molecule has 6 heteroatoms. The van der Waals surface area contributed by atoms with E-state index in [0.717, 1.165) is 18.4 Å². The summed E-state index contributed by atoms with van der Waals surface area (Å²) in [6, 6.07) is 11.3. The number of fused-ring (bicyclic) bond motifs is 1. The van der Waals surface area contributed by atoms with Crippen LogP contribution in [0, 0.1) is 0 Å². The van der Waals surface area contributed by atoms with Crippen molar-refractivity contribution in [1.29, 1.82) is 0 Å². The van der Waals surface area contributed by atoms with Crippen molar-refractivity contribution in [3.05, 3.63) is 57.8 Å². The Morgan fingerprint density at radius 2 is 2.08 bits per heavy atom. The fraction of sp³-hybridized carbons (Fsp3) is 0.400. The van der Waals surface area contributed by atoms with Gasteiger partial charge in [-0.1, -0.05) is 43.7 Å². The number of carboxylic acids is 1. The number of nitrogens with zero attached hydrogens (tertiary/aromatic N) is 1. The van der Waals surface area contributed by atoms with Gasteiger partial charge >= 0.3 is 5.97 Å². The number of nitrogens with one attached hydrogen (secondary N) is 1. The van der Waals surface area contributed by atoms with Crippen molar-refractivity contribution >= 4 is 23.2 Å². The molecular formula is C20H24N2O3S. The Hall–Kier alpha value is -2.18. The molecule has 0 saturated heterocycles. The number of hydrogen-bond acceptors (Lipinski definition) is 4. The van der Waals surface area contributed by atoms with E-state index in [4.69, 9.17) is 0 Å². The molecule has 1 aliphatic heterocycles. The van der Waals surface area contributed by atoms with Crippen LogP contribution in [-0.2, 0) is 16.0 Å². The van der Waals surface area contributed by atoms with Crippen LogP contribution in [0.1, 0.15) is 41.8 Å². The first kappa shape index (κ1) is 18.6. The molecule has 2 atom stereocenters. The second kappa shape index (κ2) is 8.47. The Balaban J connectivity index is 1.79. The van der Waals surface area contributed by atoms with Gasteiger partial charge in [-0.15, -0.1) is 11.3 Å². The first-order valence-electron chi connectivity index (χ1n) is 8.98. The van der Waals surface area contributed by atoms with Gasteiger partial charge in [0, 0.05) is 11.4 Å². The molecule has 2 unspecified atom stereocenters. The zero-order chi connectivity index (χ0) is 18.5. The van der Waals surface area contributed by atoms with Crippen LogP contribution in [0.4, 0.5) is 0 Å². The highest BCUT2D eigenvalue weighted by atomic mass is 32.1. The van der Waals surface area contributed by atoms with E-state index in [9.17, 15) is 14.7 Å². The molecule has 1 aromatic heterocycles. The van der Waals surface area contributed by atoms with E-state index in [1.807, 2.05) is 42.2 Å². The van der Waals surface area contributed by atoms with Gasteiger partial charge in [0.05, 0.1) is 12.6 Å². The zero-order valence-electron chi connectivity index (χ0n) is 14.9. The Bertz CT molecular complexity index is 759. The molecule has 0 radical (unpaired) electrons. The number of hydrogen-bond donors (Lipinski definition) is 2. The lowest BCUT2D eigenvalue weighted by Crippen LogP contribution is -2.47. The molecule has 0 spiro atoms. The van der Waals surface area contributed by atoms with Crippen LogP contribution < -0.4 is 5.32 Å². The molecule has 138 valence electrons. The third-order valence-electron chi connectivity index (χ3n) is 4.78. The normalized spacial score (nSPS) is 17.6. The van der Waals surface area contributed by atoms with Crippen LogP contribution in [0.2, 0.25) is 0 Å². The Morgan fingerprint density at radius 3 is 2.77 bits per heavy atom. The Labute approximate surface area is 157 Å². The molecule has 0 fully saturated rings. The first-order valence-corrected chi connectivity index (χ1v) is 9.86. The molecule has 3 rings (SSSR count). The van der Waals surface area contributed by atoms with Crippen molar-refractivity contribution in [3.63, 3.8) is 0 Å². The topological polar surface area (TPSA) is 69.6 Å². The summed E-state index contributed by atoms with van der Waals surface area (Å²) in [6.07, 6.45) is 2.12. The van der Waals surface area contributed by atoms with Crippen LogP contribution in [0.3, 0.4) is 0 Å². The fourth-order valence-corrected chi connectivity index (χ4v) is 4.40. The van der Waals surface area contributed by atoms with Crippen LogP contribution in [0.5, 0.6) is 0 Å². The van der Waals surface area contributed by atoms with Crippen molar-refractivity contribution in [2.75, 3.05) is 13.1 Å². The van der Waals surface area contributed by atoms with E-state index in [2.05, 4.69) is 16.8 Å². The number of carbonyl (C=O) groups is 2. The lowest BCUT2D eigenvalue weighted by molar-refractivity contribution is -0.140. The maximum absolute atomic E-state index is 12.9. The minimum Gasteiger partial charge on any atom is -0.480 e. The van der Waals surface area contributed by atoms with E-state index in [1.54, 1.807) is 11.3 Å². The third-order valence-corrected chi connectivity index (χ3v) is 5.77. The third kappa shape index (κ3) is 3.97. The van der Waals surface area contributed by atoms with E-state index in [1.165, 1.54) is 10.4 Å². The summed E-state index contributed by atoms with van der Waals surface area (Å²) < 4.78 is 0. The fourth-order valence-electron chi connectivity index (χ4n) is 3.49. The van der Waals surface area contributed by atoms with Gasteiger partial charge in [0.2, 0.25) is 5.91 Å². The van der Waals surface area contributed by atoms with Gasteiger partial charge < -0.3 is 10.0 Å². The van der Waals surface area contributed by atoms with Crippen LogP contribution >= 0.6 is 11.3 Å². The van der Waals surface area contributed by atoms with E-state index >= 15 is 0 Å². The summed E-state index contributed by atoms with van der Waals surface area (Å²) in [7, 11) is 0. The second-order valence-corrected chi connectivity index (χ2v) is 7.51. The van der Waals surface area contributed by atoms with E-state index in [0.29, 0.717) is 13.0 Å². The number of aliphatic carboxylic acids is 1. The molecule has 2 aromatic rings. The van der Waals surface area contributed by atoms with Crippen molar-refractivity contribution in [3.8, 4) is 0 Å². The number of rotatable bonds is 7. The van der Waals surface area contributed by atoms with Crippen molar-refractivity contribution < 1.29 is 14.7 Å². The predicted molar refractivity (Wildman–Crippen MR) is 102 cm³/mol. The number of carboxylic acid groups (broad SMARTS) is 1. The monoisotopic (exact) mass is 372 g/mol. The quantitative estimate of drug-likeness (QED) is 0.784. The molecule has 0 aliphatic carbocycles. The molecule has 0 bridgehead atoms. The highest BCUT2D eigenvalue weighted by Gasteiger charge is 2.32. The summed E-state index contributed by atoms with van der Waals surface area (Å²) in [5.41, 5.74) is 2.27. The summed E-state index contributed by atoms with van der Waals surface area (Å²) in [6.45, 7) is 2.63. The molecule has 5 nitrogen and oxygen atoms in total. The smallest absolute Gasteiger partial charge is 0.320 e. The van der Waals surface area contributed by atoms with Gasteiger partial charge in [-0.25, -0.2) is 0 Å². The van der Waals surface area contributed by atoms with Crippen molar-refractivity contribution in [2.45, 2.75) is 38.3 Å². The summed E-state index contributed by atoms with van der Waals surface area (Å²) in [5, 5.41) is 14.3. The minimum atomic E-state index is -0.905. The van der Waals surface area contributed by atoms with E-state index in [-0.39, 0.29) is 18.5 Å². The summed E-state index contributed by atoms with van der Waals surface area (Å²) in [5.74, 6) is -0.962. The lowest BCUT2D eigenvalue weighted by atomic mass is 9.93. The van der Waals surface area contributed by atoms with Crippen molar-refractivity contribution in [2.24, 2.45) is 0 Å². The Kier molecular flexibility index (Phi) is 6.06. The molecule has 1 aliphatic rings. The first-order chi connectivity index (χ1) is 12.6.